The van der Waals surface area contributed by atoms with Gasteiger partial charge < -0.3 is 0 Å². The fourth-order valence-corrected chi connectivity index (χ4v) is 5.98. The van der Waals surface area contributed by atoms with E-state index in [1.54, 1.807) is 12.5 Å². The molecule has 4 aliphatic carbocycles. The van der Waals surface area contributed by atoms with E-state index in [4.69, 9.17) is 0 Å². The van der Waals surface area contributed by atoms with Crippen molar-refractivity contribution in [2.24, 2.45) is 22.7 Å². The number of carbonyl (C=O) groups excluding carboxylic acids is 2. The van der Waals surface area contributed by atoms with Crippen LogP contribution in [0.5, 0.6) is 0 Å². The topological polar surface area (TPSA) is 34.1 Å². The highest BCUT2D eigenvalue weighted by Gasteiger charge is 2.54. The lowest BCUT2D eigenvalue weighted by Gasteiger charge is -2.53. The molecule has 1 saturated carbocycles. The van der Waals surface area contributed by atoms with Crippen LogP contribution < -0.4 is 0 Å². The molecule has 23 heavy (non-hydrogen) atoms. The third-order valence-electron chi connectivity index (χ3n) is 7.30. The summed E-state index contributed by atoms with van der Waals surface area (Å²) in [6.07, 6.45) is 12.4. The second kappa shape index (κ2) is 4.78. The largest absolute Gasteiger partial charge is 0.295 e. The van der Waals surface area contributed by atoms with E-state index in [0.717, 1.165) is 37.7 Å². The zero-order valence-corrected chi connectivity index (χ0v) is 14.4. The van der Waals surface area contributed by atoms with E-state index >= 15 is 0 Å². The third-order valence-corrected chi connectivity index (χ3v) is 7.30. The van der Waals surface area contributed by atoms with E-state index in [2.05, 4.69) is 26.0 Å². The molecule has 0 spiro atoms. The molecule has 4 rings (SSSR count). The lowest BCUT2D eigenvalue weighted by molar-refractivity contribution is -0.116. The van der Waals surface area contributed by atoms with E-state index in [0.29, 0.717) is 24.0 Å². The molecular formula is C21H26O2. The van der Waals surface area contributed by atoms with E-state index in [-0.39, 0.29) is 16.6 Å². The SMILES string of the molecule is CC(=O)C1=CC[C@@H]2[C@@H]3CCC4=CC(=O)CC[C@]4(C)C3=CC[C@]12C. The second-order valence-electron chi connectivity index (χ2n) is 8.41. The first-order chi connectivity index (χ1) is 10.9. The molecule has 0 aromatic rings. The maximum Gasteiger partial charge on any atom is 0.156 e. The lowest BCUT2D eigenvalue weighted by atomic mass is 9.51. The van der Waals surface area contributed by atoms with Gasteiger partial charge in [-0.05, 0) is 62.5 Å². The Kier molecular flexibility index (Phi) is 3.14. The summed E-state index contributed by atoms with van der Waals surface area (Å²) in [6.45, 7) is 6.36. The summed E-state index contributed by atoms with van der Waals surface area (Å²) in [5.41, 5.74) is 4.11. The maximum absolute atomic E-state index is 12.1. The Labute approximate surface area is 138 Å². The molecule has 1 fully saturated rings. The number of ketones is 2. The van der Waals surface area contributed by atoms with Crippen molar-refractivity contribution in [3.8, 4) is 0 Å². The van der Waals surface area contributed by atoms with Crippen molar-refractivity contribution in [2.75, 3.05) is 0 Å². The van der Waals surface area contributed by atoms with Crippen molar-refractivity contribution >= 4 is 11.6 Å². The standard InChI is InChI=1S/C21H26O2/c1-13(22)17-6-7-18-16-5-4-14-12-15(23)8-10-20(14,2)19(16)9-11-21(17,18)3/h6,9,12,16,18H,4-5,7-8,10-11H2,1-3H3/t16-,18+,20-,21+/m0/s1. The first kappa shape index (κ1) is 15.1. The second-order valence-corrected chi connectivity index (χ2v) is 8.41. The molecule has 0 N–H and O–H groups in total. The van der Waals surface area contributed by atoms with E-state index in [9.17, 15) is 9.59 Å². The molecule has 0 aliphatic heterocycles. The quantitative estimate of drug-likeness (QED) is 0.665. The first-order valence-electron chi connectivity index (χ1n) is 9.02. The number of carbonyl (C=O) groups is 2. The van der Waals surface area contributed by atoms with Gasteiger partial charge in [0.2, 0.25) is 0 Å². The predicted octanol–water partition coefficient (Wildman–Crippen LogP) is 4.56. The molecular weight excluding hydrogens is 284 g/mol. The van der Waals surface area contributed by atoms with Crippen LogP contribution in [0.1, 0.15) is 59.3 Å². The Hall–Kier alpha value is -1.44. The molecule has 0 radical (unpaired) electrons. The summed E-state index contributed by atoms with van der Waals surface area (Å²) >= 11 is 0. The van der Waals surface area contributed by atoms with Gasteiger partial charge in [-0.2, -0.15) is 0 Å². The smallest absolute Gasteiger partial charge is 0.156 e. The molecule has 0 unspecified atom stereocenters. The highest BCUT2D eigenvalue weighted by molar-refractivity contribution is 5.95. The first-order valence-corrected chi connectivity index (χ1v) is 9.02. The van der Waals surface area contributed by atoms with Crippen LogP contribution in [0, 0.1) is 22.7 Å². The summed E-state index contributed by atoms with van der Waals surface area (Å²) in [5.74, 6) is 1.70. The molecule has 0 aromatic heterocycles. The highest BCUT2D eigenvalue weighted by Crippen LogP contribution is 2.63. The van der Waals surface area contributed by atoms with Crippen LogP contribution in [0.3, 0.4) is 0 Å². The summed E-state index contributed by atoms with van der Waals surface area (Å²) in [7, 11) is 0. The van der Waals surface area contributed by atoms with Gasteiger partial charge in [-0.25, -0.2) is 0 Å². The molecule has 4 aliphatic rings. The Balaban J connectivity index is 1.75. The zero-order chi connectivity index (χ0) is 16.4. The van der Waals surface area contributed by atoms with Gasteiger partial charge in [-0.3, -0.25) is 9.59 Å². The highest BCUT2D eigenvalue weighted by atomic mass is 16.1. The summed E-state index contributed by atoms with van der Waals surface area (Å²) in [6, 6.07) is 0. The minimum absolute atomic E-state index is 0.0298. The molecule has 0 aromatic carbocycles. The Bertz CT molecular complexity index is 693. The number of Topliss-reactive ketones (excluding diaryl/α,β-unsaturated/α-hetero) is 1. The molecule has 0 heterocycles. The van der Waals surface area contributed by atoms with Crippen molar-refractivity contribution in [3.63, 3.8) is 0 Å². The summed E-state index contributed by atoms with van der Waals surface area (Å²) in [5, 5.41) is 0. The molecule has 122 valence electrons. The van der Waals surface area contributed by atoms with Crippen LogP contribution in [-0.2, 0) is 9.59 Å². The monoisotopic (exact) mass is 310 g/mol. The van der Waals surface area contributed by atoms with E-state index < -0.39 is 0 Å². The Morgan fingerprint density at radius 2 is 2.00 bits per heavy atom. The van der Waals surface area contributed by atoms with Gasteiger partial charge in [-0.15, -0.1) is 0 Å². The van der Waals surface area contributed by atoms with Gasteiger partial charge >= 0.3 is 0 Å². The van der Waals surface area contributed by atoms with Crippen molar-refractivity contribution < 1.29 is 9.59 Å². The Morgan fingerprint density at radius 3 is 2.74 bits per heavy atom. The van der Waals surface area contributed by atoms with Gasteiger partial charge in [0.25, 0.3) is 0 Å². The molecule has 0 amide bonds. The average molecular weight is 310 g/mol. The van der Waals surface area contributed by atoms with Gasteiger partial charge in [-0.1, -0.05) is 37.1 Å². The molecule has 4 atom stereocenters. The maximum atomic E-state index is 12.1. The number of fused-ring (bicyclic) bond motifs is 5. The van der Waals surface area contributed by atoms with Crippen LogP contribution >= 0.6 is 0 Å². The van der Waals surface area contributed by atoms with Crippen molar-refractivity contribution in [1.82, 2.24) is 0 Å². The fraction of sp³-hybridized carbons (Fsp3) is 0.619. The van der Waals surface area contributed by atoms with Crippen molar-refractivity contribution in [1.29, 1.82) is 0 Å². The molecule has 2 nitrogen and oxygen atoms in total. The minimum Gasteiger partial charge on any atom is -0.295 e. The molecule has 2 heteroatoms. The van der Waals surface area contributed by atoms with Crippen LogP contribution in [0.15, 0.2) is 34.9 Å². The van der Waals surface area contributed by atoms with Crippen LogP contribution in [0.4, 0.5) is 0 Å². The average Bonchev–Trinajstić information content (AvgIpc) is 2.85. The molecule has 0 bridgehead atoms. The third kappa shape index (κ3) is 1.93. The lowest BCUT2D eigenvalue weighted by Crippen LogP contribution is -2.44. The van der Waals surface area contributed by atoms with Gasteiger partial charge in [0.1, 0.15) is 0 Å². The summed E-state index contributed by atoms with van der Waals surface area (Å²) < 4.78 is 0. The predicted molar refractivity (Wildman–Crippen MR) is 90.8 cm³/mol. The van der Waals surface area contributed by atoms with Crippen LogP contribution in [0.2, 0.25) is 0 Å². The minimum atomic E-state index is 0.0298. The van der Waals surface area contributed by atoms with Crippen molar-refractivity contribution in [2.45, 2.75) is 59.3 Å². The zero-order valence-electron chi connectivity index (χ0n) is 14.4. The number of hydrogen-bond acceptors (Lipinski definition) is 2. The normalized spacial score (nSPS) is 42.0. The summed E-state index contributed by atoms with van der Waals surface area (Å²) in [4.78, 5) is 23.9. The van der Waals surface area contributed by atoms with Gasteiger partial charge in [0, 0.05) is 17.3 Å². The van der Waals surface area contributed by atoms with Crippen LogP contribution in [-0.4, -0.2) is 11.6 Å². The van der Waals surface area contributed by atoms with Gasteiger partial charge in [0.15, 0.2) is 11.6 Å². The van der Waals surface area contributed by atoms with E-state index in [1.807, 2.05) is 6.08 Å². The number of rotatable bonds is 1. The van der Waals surface area contributed by atoms with Crippen LogP contribution in [0.25, 0.3) is 0 Å². The van der Waals surface area contributed by atoms with E-state index in [1.165, 1.54) is 5.57 Å². The van der Waals surface area contributed by atoms with Crippen molar-refractivity contribution in [3.05, 3.63) is 34.9 Å². The van der Waals surface area contributed by atoms with Gasteiger partial charge in [0.05, 0.1) is 0 Å². The number of allylic oxidation sites excluding steroid dienone is 6. The fourth-order valence-electron chi connectivity index (χ4n) is 5.98. The Morgan fingerprint density at radius 1 is 1.22 bits per heavy atom. The number of hydrogen-bond donors (Lipinski definition) is 0. The molecule has 0 saturated heterocycles.